The van der Waals surface area contributed by atoms with Gasteiger partial charge in [0.15, 0.2) is 5.65 Å². The van der Waals surface area contributed by atoms with Gasteiger partial charge in [-0.2, -0.15) is 4.98 Å². The van der Waals surface area contributed by atoms with Crippen molar-refractivity contribution in [1.29, 1.82) is 0 Å². The number of para-hydroxylation sites is 1. The molecule has 0 bridgehead atoms. The normalized spacial score (nSPS) is 10.9. The maximum Gasteiger partial charge on any atom is 0.224 e. The fraction of sp³-hybridized carbons (Fsp3) is 0. The van der Waals surface area contributed by atoms with E-state index in [0.717, 1.165) is 5.69 Å². The molecular weight excluding hydrogens is 259 g/mol. The summed E-state index contributed by atoms with van der Waals surface area (Å²) in [5, 5.41) is 0.508. The van der Waals surface area contributed by atoms with E-state index >= 15 is 0 Å². The minimum absolute atomic E-state index is 0.172. The van der Waals surface area contributed by atoms with Crippen LogP contribution in [0.2, 0.25) is 10.6 Å². The molecule has 4 nitrogen and oxygen atoms in total. The smallest absolute Gasteiger partial charge is 0.224 e. The first kappa shape index (κ1) is 10.5. The van der Waals surface area contributed by atoms with E-state index < -0.39 is 0 Å². The zero-order chi connectivity index (χ0) is 11.8. The first-order valence-corrected chi connectivity index (χ1v) is 5.63. The van der Waals surface area contributed by atoms with E-state index in [1.807, 2.05) is 30.3 Å². The summed E-state index contributed by atoms with van der Waals surface area (Å²) in [6, 6.07) is 9.60. The van der Waals surface area contributed by atoms with Gasteiger partial charge in [0.05, 0.1) is 11.9 Å². The lowest BCUT2D eigenvalue weighted by Crippen LogP contribution is -1.95. The van der Waals surface area contributed by atoms with Gasteiger partial charge in [-0.15, -0.1) is 0 Å². The first-order valence-electron chi connectivity index (χ1n) is 4.87. The third-order valence-corrected chi connectivity index (χ3v) is 2.78. The molecule has 0 radical (unpaired) electrons. The van der Waals surface area contributed by atoms with Crippen LogP contribution in [0.5, 0.6) is 0 Å². The second kappa shape index (κ2) is 3.98. The van der Waals surface area contributed by atoms with E-state index in [2.05, 4.69) is 15.0 Å². The molecule has 2 heterocycles. The molecule has 3 rings (SSSR count). The second-order valence-electron chi connectivity index (χ2n) is 3.40. The van der Waals surface area contributed by atoms with Gasteiger partial charge in [-0.25, -0.2) is 9.97 Å². The van der Waals surface area contributed by atoms with Crippen molar-refractivity contribution >= 4 is 34.4 Å². The van der Waals surface area contributed by atoms with Gasteiger partial charge < -0.3 is 0 Å². The maximum absolute atomic E-state index is 6.10. The molecule has 0 fully saturated rings. The van der Waals surface area contributed by atoms with Gasteiger partial charge in [0.25, 0.3) is 0 Å². The standard InChI is InChI=1S/C11H6Cl2N4/c12-10-14-6-8-9(16-10)17(11(13)15-8)7-4-2-1-3-5-7/h1-6H. The van der Waals surface area contributed by atoms with Gasteiger partial charge in [-0.1, -0.05) is 18.2 Å². The van der Waals surface area contributed by atoms with Gasteiger partial charge >= 0.3 is 0 Å². The van der Waals surface area contributed by atoms with Gasteiger partial charge in [0.2, 0.25) is 10.6 Å². The van der Waals surface area contributed by atoms with Crippen molar-refractivity contribution in [2.45, 2.75) is 0 Å². The van der Waals surface area contributed by atoms with Crippen molar-refractivity contribution in [1.82, 2.24) is 19.5 Å². The number of benzene rings is 1. The Bertz CT molecular complexity index is 679. The Kier molecular flexibility index (Phi) is 2.46. The number of aromatic nitrogens is 4. The van der Waals surface area contributed by atoms with Gasteiger partial charge in [-0.3, -0.25) is 4.57 Å². The van der Waals surface area contributed by atoms with Crippen LogP contribution >= 0.6 is 23.2 Å². The van der Waals surface area contributed by atoms with E-state index in [4.69, 9.17) is 23.2 Å². The average molecular weight is 265 g/mol. The third kappa shape index (κ3) is 1.75. The molecule has 0 N–H and O–H groups in total. The van der Waals surface area contributed by atoms with Crippen molar-refractivity contribution in [3.05, 3.63) is 47.1 Å². The zero-order valence-electron chi connectivity index (χ0n) is 8.51. The molecule has 0 aliphatic carbocycles. The number of imidazole rings is 1. The molecule has 17 heavy (non-hydrogen) atoms. The minimum atomic E-state index is 0.172. The van der Waals surface area contributed by atoms with Crippen LogP contribution in [0.4, 0.5) is 0 Å². The second-order valence-corrected chi connectivity index (χ2v) is 4.08. The molecule has 0 amide bonds. The number of halogens is 2. The summed E-state index contributed by atoms with van der Waals surface area (Å²) in [7, 11) is 0. The molecule has 0 saturated heterocycles. The fourth-order valence-electron chi connectivity index (χ4n) is 1.63. The Morgan fingerprint density at radius 2 is 1.76 bits per heavy atom. The number of hydrogen-bond donors (Lipinski definition) is 0. The maximum atomic E-state index is 6.10. The molecule has 0 aliphatic rings. The molecule has 0 unspecified atom stereocenters. The lowest BCUT2D eigenvalue weighted by molar-refractivity contribution is 1.06. The van der Waals surface area contributed by atoms with Crippen LogP contribution in [0.25, 0.3) is 16.9 Å². The number of hydrogen-bond acceptors (Lipinski definition) is 3. The molecule has 1 aromatic carbocycles. The molecule has 3 aromatic rings. The van der Waals surface area contributed by atoms with E-state index in [-0.39, 0.29) is 5.28 Å². The Morgan fingerprint density at radius 1 is 1.00 bits per heavy atom. The minimum Gasteiger partial charge on any atom is -0.267 e. The molecule has 84 valence electrons. The average Bonchev–Trinajstić information content (AvgIpc) is 2.65. The van der Waals surface area contributed by atoms with Crippen molar-refractivity contribution in [3.8, 4) is 5.69 Å². The monoisotopic (exact) mass is 264 g/mol. The summed E-state index contributed by atoms with van der Waals surface area (Å²) < 4.78 is 1.73. The summed E-state index contributed by atoms with van der Waals surface area (Å²) in [4.78, 5) is 12.2. The van der Waals surface area contributed by atoms with E-state index in [9.17, 15) is 0 Å². The first-order chi connectivity index (χ1) is 8.25. The van der Waals surface area contributed by atoms with E-state index in [1.54, 1.807) is 10.8 Å². The summed E-state index contributed by atoms with van der Waals surface area (Å²) in [5.41, 5.74) is 2.10. The number of nitrogens with zero attached hydrogens (tertiary/aromatic N) is 4. The Balaban J connectivity index is 2.35. The van der Waals surface area contributed by atoms with Crippen molar-refractivity contribution in [2.24, 2.45) is 0 Å². The Labute approximate surface area is 107 Å². The SMILES string of the molecule is Clc1ncc2nc(Cl)n(-c3ccccc3)c2n1. The molecule has 0 atom stereocenters. The summed E-state index contributed by atoms with van der Waals surface area (Å²) in [6.07, 6.45) is 1.55. The van der Waals surface area contributed by atoms with Gasteiger partial charge in [-0.05, 0) is 35.3 Å². The molecule has 2 aromatic heterocycles. The quantitative estimate of drug-likeness (QED) is 0.501. The highest BCUT2D eigenvalue weighted by Crippen LogP contribution is 2.23. The molecule has 0 aliphatic heterocycles. The topological polar surface area (TPSA) is 43.6 Å². The molecule has 6 heteroatoms. The Morgan fingerprint density at radius 3 is 2.53 bits per heavy atom. The lowest BCUT2D eigenvalue weighted by atomic mass is 10.3. The van der Waals surface area contributed by atoms with Crippen LogP contribution < -0.4 is 0 Å². The van der Waals surface area contributed by atoms with Crippen LogP contribution in [0.1, 0.15) is 0 Å². The van der Waals surface area contributed by atoms with Crippen LogP contribution in [-0.4, -0.2) is 19.5 Å². The van der Waals surface area contributed by atoms with E-state index in [0.29, 0.717) is 16.4 Å². The Hall–Kier alpha value is -1.65. The fourth-order valence-corrected chi connectivity index (χ4v) is 2.03. The third-order valence-electron chi connectivity index (χ3n) is 2.34. The summed E-state index contributed by atoms with van der Waals surface area (Å²) >= 11 is 11.9. The highest BCUT2D eigenvalue weighted by molar-refractivity contribution is 6.30. The number of rotatable bonds is 1. The lowest BCUT2D eigenvalue weighted by Gasteiger charge is -2.03. The van der Waals surface area contributed by atoms with E-state index in [1.165, 1.54) is 0 Å². The largest absolute Gasteiger partial charge is 0.267 e. The zero-order valence-corrected chi connectivity index (χ0v) is 10.0. The molecule has 0 spiro atoms. The van der Waals surface area contributed by atoms with Crippen molar-refractivity contribution < 1.29 is 0 Å². The van der Waals surface area contributed by atoms with Crippen LogP contribution in [-0.2, 0) is 0 Å². The van der Waals surface area contributed by atoms with Crippen molar-refractivity contribution in [2.75, 3.05) is 0 Å². The highest BCUT2D eigenvalue weighted by atomic mass is 35.5. The van der Waals surface area contributed by atoms with Gasteiger partial charge in [0, 0.05) is 0 Å². The number of fused-ring (bicyclic) bond motifs is 1. The highest BCUT2D eigenvalue weighted by Gasteiger charge is 2.12. The van der Waals surface area contributed by atoms with Crippen LogP contribution in [0.15, 0.2) is 36.5 Å². The van der Waals surface area contributed by atoms with Gasteiger partial charge in [0.1, 0.15) is 5.52 Å². The summed E-state index contributed by atoms with van der Waals surface area (Å²) in [6.45, 7) is 0. The van der Waals surface area contributed by atoms with Crippen LogP contribution in [0, 0.1) is 0 Å². The predicted molar refractivity (Wildman–Crippen MR) is 66.7 cm³/mol. The predicted octanol–water partition coefficient (Wildman–Crippen LogP) is 3.12. The van der Waals surface area contributed by atoms with Crippen molar-refractivity contribution in [3.63, 3.8) is 0 Å². The molecular formula is C11H6Cl2N4. The van der Waals surface area contributed by atoms with Crippen LogP contribution in [0.3, 0.4) is 0 Å². The summed E-state index contributed by atoms with van der Waals surface area (Å²) in [5.74, 6) is 0. The molecule has 0 saturated carbocycles.